The van der Waals surface area contributed by atoms with Crippen molar-refractivity contribution in [1.29, 1.82) is 0 Å². The van der Waals surface area contributed by atoms with Crippen LogP contribution < -0.4 is 5.73 Å². The summed E-state index contributed by atoms with van der Waals surface area (Å²) in [5, 5.41) is 0. The Bertz CT molecular complexity index is 443. The molecule has 0 saturated carbocycles. The van der Waals surface area contributed by atoms with Crippen molar-refractivity contribution in [3.05, 3.63) is 35.9 Å². The second kappa shape index (κ2) is 16.9. The molecule has 26 heavy (non-hydrogen) atoms. The first-order chi connectivity index (χ1) is 12.8. The highest BCUT2D eigenvalue weighted by molar-refractivity contribution is 5.69. The summed E-state index contributed by atoms with van der Waals surface area (Å²) in [4.78, 5) is 11.6. The molecule has 1 aromatic carbocycles. The molecule has 2 N–H and O–H groups in total. The minimum Gasteiger partial charge on any atom is -0.461 e. The molecule has 0 aliphatic heterocycles. The highest BCUT2D eigenvalue weighted by atomic mass is 16.6. The van der Waals surface area contributed by atoms with Gasteiger partial charge in [-0.2, -0.15) is 0 Å². The predicted octanol–water partition coefficient (Wildman–Crippen LogP) is 1.54. The van der Waals surface area contributed by atoms with Crippen LogP contribution in [0.4, 0.5) is 0 Å². The van der Waals surface area contributed by atoms with Crippen molar-refractivity contribution in [1.82, 2.24) is 0 Å². The van der Waals surface area contributed by atoms with Gasteiger partial charge in [-0.25, -0.2) is 0 Å². The van der Waals surface area contributed by atoms with E-state index in [9.17, 15) is 4.79 Å². The summed E-state index contributed by atoms with van der Waals surface area (Å²) in [6, 6.07) is 9.62. The average Bonchev–Trinajstić information content (AvgIpc) is 2.67. The predicted molar refractivity (Wildman–Crippen MR) is 97.8 cm³/mol. The lowest BCUT2D eigenvalue weighted by Crippen LogP contribution is -2.14. The third kappa shape index (κ3) is 13.7. The molecular weight excluding hydrogens is 338 g/mol. The van der Waals surface area contributed by atoms with Gasteiger partial charge in [-0.05, 0) is 12.0 Å². The van der Waals surface area contributed by atoms with Crippen LogP contribution in [0.25, 0.3) is 0 Å². The van der Waals surface area contributed by atoms with Crippen molar-refractivity contribution in [2.45, 2.75) is 19.4 Å². The van der Waals surface area contributed by atoms with Crippen molar-refractivity contribution in [3.8, 4) is 0 Å². The van der Waals surface area contributed by atoms with E-state index in [0.717, 1.165) is 5.56 Å². The molecular formula is C19H31NO6. The number of carbonyl (C=O) groups excluding carboxylic acids is 1. The van der Waals surface area contributed by atoms with Crippen LogP contribution >= 0.6 is 0 Å². The number of nitrogens with two attached hydrogens (primary N) is 1. The zero-order chi connectivity index (χ0) is 18.7. The second-order valence-corrected chi connectivity index (χ2v) is 5.49. The fourth-order valence-electron chi connectivity index (χ4n) is 1.97. The van der Waals surface area contributed by atoms with E-state index in [1.54, 1.807) is 0 Å². The Morgan fingerprint density at radius 2 is 1.31 bits per heavy atom. The largest absolute Gasteiger partial charge is 0.461 e. The lowest BCUT2D eigenvalue weighted by atomic mass is 10.2. The molecule has 0 heterocycles. The van der Waals surface area contributed by atoms with Crippen LogP contribution in [0.3, 0.4) is 0 Å². The molecule has 148 valence electrons. The zero-order valence-electron chi connectivity index (χ0n) is 15.4. The normalized spacial score (nSPS) is 10.8. The topological polar surface area (TPSA) is 89.2 Å². The van der Waals surface area contributed by atoms with Gasteiger partial charge in [0.05, 0.1) is 46.2 Å². The van der Waals surface area contributed by atoms with Gasteiger partial charge in [-0.1, -0.05) is 30.3 Å². The van der Waals surface area contributed by atoms with Gasteiger partial charge >= 0.3 is 5.97 Å². The molecule has 7 heteroatoms. The molecule has 1 rings (SSSR count). The number of hydrogen-bond donors (Lipinski definition) is 1. The molecule has 0 fully saturated rings. The Balaban J connectivity index is 1.78. The highest BCUT2D eigenvalue weighted by Gasteiger charge is 2.03. The Morgan fingerprint density at radius 1 is 0.769 bits per heavy atom. The van der Waals surface area contributed by atoms with Gasteiger partial charge in [-0.3, -0.25) is 4.79 Å². The smallest absolute Gasteiger partial charge is 0.306 e. The molecule has 0 saturated heterocycles. The molecule has 0 spiro atoms. The average molecular weight is 369 g/mol. The number of benzene rings is 1. The molecule has 0 aliphatic carbocycles. The molecule has 0 aliphatic rings. The second-order valence-electron chi connectivity index (χ2n) is 5.49. The fraction of sp³-hybridized carbons (Fsp3) is 0.632. The van der Waals surface area contributed by atoms with Gasteiger partial charge in [0.1, 0.15) is 6.61 Å². The molecule has 0 radical (unpaired) electrons. The van der Waals surface area contributed by atoms with Crippen LogP contribution in [-0.2, 0) is 35.1 Å². The van der Waals surface area contributed by atoms with Crippen LogP contribution in [0.5, 0.6) is 0 Å². The Labute approximate surface area is 155 Å². The quantitative estimate of drug-likeness (QED) is 0.329. The van der Waals surface area contributed by atoms with Gasteiger partial charge in [-0.15, -0.1) is 0 Å². The number of carbonyl (C=O) groups is 1. The van der Waals surface area contributed by atoms with Gasteiger partial charge in [0.25, 0.3) is 0 Å². The standard InChI is InChI=1S/C19H31NO6/c20-8-10-23-12-14-25-16-15-24-13-11-22-9-4-7-19(21)26-17-18-5-2-1-3-6-18/h1-3,5-6H,4,7-17,20H2. The molecule has 0 bridgehead atoms. The summed E-state index contributed by atoms with van der Waals surface area (Å²) in [5.41, 5.74) is 6.28. The fourth-order valence-corrected chi connectivity index (χ4v) is 1.97. The maximum atomic E-state index is 11.6. The maximum absolute atomic E-state index is 11.6. The van der Waals surface area contributed by atoms with E-state index in [2.05, 4.69) is 0 Å². The van der Waals surface area contributed by atoms with Crippen molar-refractivity contribution in [3.63, 3.8) is 0 Å². The molecule has 7 nitrogen and oxygen atoms in total. The summed E-state index contributed by atoms with van der Waals surface area (Å²) in [6.07, 6.45) is 0.993. The van der Waals surface area contributed by atoms with Gasteiger partial charge < -0.3 is 29.4 Å². The summed E-state index contributed by atoms with van der Waals surface area (Å²) in [6.45, 7) is 5.05. The van der Waals surface area contributed by atoms with Crippen LogP contribution in [0.1, 0.15) is 18.4 Å². The van der Waals surface area contributed by atoms with E-state index >= 15 is 0 Å². The van der Waals surface area contributed by atoms with Gasteiger partial charge in [0.2, 0.25) is 0 Å². The Morgan fingerprint density at radius 3 is 1.88 bits per heavy atom. The number of esters is 1. The summed E-state index contributed by atoms with van der Waals surface area (Å²) < 4.78 is 26.5. The van der Waals surface area contributed by atoms with Gasteiger partial charge in [0, 0.05) is 19.6 Å². The third-order valence-corrected chi connectivity index (χ3v) is 3.29. The Hall–Kier alpha value is -1.51. The first-order valence-electron chi connectivity index (χ1n) is 9.03. The first kappa shape index (κ1) is 22.5. The lowest BCUT2D eigenvalue weighted by molar-refractivity contribution is -0.145. The molecule has 0 unspecified atom stereocenters. The first-order valence-corrected chi connectivity index (χ1v) is 9.03. The van der Waals surface area contributed by atoms with Crippen molar-refractivity contribution >= 4 is 5.97 Å². The number of hydrogen-bond acceptors (Lipinski definition) is 7. The van der Waals surface area contributed by atoms with Crippen LogP contribution in [0.15, 0.2) is 30.3 Å². The number of rotatable bonds is 17. The molecule has 1 aromatic rings. The van der Waals surface area contributed by atoms with E-state index in [0.29, 0.717) is 78.8 Å². The molecule has 0 amide bonds. The van der Waals surface area contributed by atoms with E-state index in [-0.39, 0.29) is 5.97 Å². The highest BCUT2D eigenvalue weighted by Crippen LogP contribution is 2.02. The van der Waals surface area contributed by atoms with E-state index in [1.165, 1.54) is 0 Å². The lowest BCUT2D eigenvalue weighted by Gasteiger charge is -2.07. The number of ether oxygens (including phenoxy) is 5. The van der Waals surface area contributed by atoms with Crippen molar-refractivity contribution in [2.75, 3.05) is 59.4 Å². The van der Waals surface area contributed by atoms with E-state index in [1.807, 2.05) is 30.3 Å². The molecule has 0 aromatic heterocycles. The monoisotopic (exact) mass is 369 g/mol. The SMILES string of the molecule is NCCOCCOCCOCCOCCCC(=O)OCc1ccccc1. The van der Waals surface area contributed by atoms with E-state index in [4.69, 9.17) is 29.4 Å². The minimum atomic E-state index is -0.207. The summed E-state index contributed by atoms with van der Waals surface area (Å²) >= 11 is 0. The molecule has 0 atom stereocenters. The Kier molecular flexibility index (Phi) is 14.7. The van der Waals surface area contributed by atoms with Crippen LogP contribution in [0.2, 0.25) is 0 Å². The summed E-state index contributed by atoms with van der Waals surface area (Å²) in [7, 11) is 0. The zero-order valence-corrected chi connectivity index (χ0v) is 15.4. The van der Waals surface area contributed by atoms with Crippen LogP contribution in [0, 0.1) is 0 Å². The third-order valence-electron chi connectivity index (χ3n) is 3.29. The maximum Gasteiger partial charge on any atom is 0.306 e. The van der Waals surface area contributed by atoms with E-state index < -0.39 is 0 Å². The van der Waals surface area contributed by atoms with Gasteiger partial charge in [0.15, 0.2) is 0 Å². The van der Waals surface area contributed by atoms with Crippen molar-refractivity contribution < 1.29 is 28.5 Å². The minimum absolute atomic E-state index is 0.207. The van der Waals surface area contributed by atoms with Crippen LogP contribution in [-0.4, -0.2) is 65.4 Å². The summed E-state index contributed by atoms with van der Waals surface area (Å²) in [5.74, 6) is -0.207. The van der Waals surface area contributed by atoms with Crippen molar-refractivity contribution in [2.24, 2.45) is 5.73 Å².